The van der Waals surface area contributed by atoms with E-state index in [9.17, 15) is 27.2 Å². The Morgan fingerprint density at radius 2 is 1.40 bits per heavy atom. The first kappa shape index (κ1) is 18.4. The predicted octanol–water partition coefficient (Wildman–Crippen LogP) is 2.78. The van der Waals surface area contributed by atoms with Crippen LogP contribution in [0.1, 0.15) is 16.7 Å². The van der Waals surface area contributed by atoms with Crippen molar-refractivity contribution in [3.63, 3.8) is 0 Å². The third-order valence-corrected chi connectivity index (χ3v) is 3.24. The van der Waals surface area contributed by atoms with Crippen molar-refractivity contribution in [1.82, 2.24) is 10.9 Å². The number of carbonyl (C=O) groups is 2. The van der Waals surface area contributed by atoms with Crippen molar-refractivity contribution in [2.45, 2.75) is 19.0 Å². The summed E-state index contributed by atoms with van der Waals surface area (Å²) in [5.74, 6) is -1.63. The molecule has 0 radical (unpaired) electrons. The summed E-state index contributed by atoms with van der Waals surface area (Å²) in [5, 5.41) is 0. The van der Waals surface area contributed by atoms with Crippen LogP contribution in [0, 0.1) is 5.82 Å². The van der Waals surface area contributed by atoms with Crippen LogP contribution in [0.25, 0.3) is 0 Å². The SMILES string of the molecule is O=C(Cc1ccc(F)cc1)NNC(=O)Cc1cccc(C(F)(F)F)c1. The van der Waals surface area contributed by atoms with Crippen LogP contribution in [-0.2, 0) is 28.6 Å². The topological polar surface area (TPSA) is 58.2 Å². The van der Waals surface area contributed by atoms with Gasteiger partial charge in [-0.1, -0.05) is 30.3 Å². The molecule has 0 bridgehead atoms. The van der Waals surface area contributed by atoms with Gasteiger partial charge < -0.3 is 0 Å². The molecule has 0 saturated heterocycles. The molecule has 2 aromatic carbocycles. The van der Waals surface area contributed by atoms with Gasteiger partial charge in [-0.05, 0) is 29.3 Å². The smallest absolute Gasteiger partial charge is 0.273 e. The molecule has 8 heteroatoms. The van der Waals surface area contributed by atoms with E-state index >= 15 is 0 Å². The Bertz CT molecular complexity index is 758. The standard InChI is InChI=1S/C17H14F4N2O2/c18-14-6-4-11(5-7-14)9-15(24)22-23-16(25)10-12-2-1-3-13(8-12)17(19,20)21/h1-8H,9-10H2,(H,22,24)(H,23,25). The monoisotopic (exact) mass is 354 g/mol. The summed E-state index contributed by atoms with van der Waals surface area (Å²) in [6, 6.07) is 9.64. The number of hydrogen-bond acceptors (Lipinski definition) is 2. The maximum atomic E-state index is 12.8. The maximum absolute atomic E-state index is 12.8. The lowest BCUT2D eigenvalue weighted by Crippen LogP contribution is -2.43. The van der Waals surface area contributed by atoms with Crippen LogP contribution >= 0.6 is 0 Å². The fourth-order valence-electron chi connectivity index (χ4n) is 2.06. The van der Waals surface area contributed by atoms with Crippen molar-refractivity contribution in [2.24, 2.45) is 0 Å². The molecule has 4 nitrogen and oxygen atoms in total. The number of carbonyl (C=O) groups excluding carboxylic acids is 2. The third-order valence-electron chi connectivity index (χ3n) is 3.24. The van der Waals surface area contributed by atoms with Gasteiger partial charge in [-0.25, -0.2) is 4.39 Å². The molecule has 0 aliphatic carbocycles. The number of benzene rings is 2. The van der Waals surface area contributed by atoms with Crippen molar-refractivity contribution in [1.29, 1.82) is 0 Å². The van der Waals surface area contributed by atoms with E-state index in [1.165, 1.54) is 36.4 Å². The number of halogens is 4. The van der Waals surface area contributed by atoms with Gasteiger partial charge in [-0.2, -0.15) is 13.2 Å². The fourth-order valence-corrected chi connectivity index (χ4v) is 2.06. The fraction of sp³-hybridized carbons (Fsp3) is 0.176. The van der Waals surface area contributed by atoms with E-state index in [2.05, 4.69) is 10.9 Å². The lowest BCUT2D eigenvalue weighted by atomic mass is 10.1. The Morgan fingerprint density at radius 3 is 1.96 bits per heavy atom. The van der Waals surface area contributed by atoms with E-state index in [4.69, 9.17) is 0 Å². The average molecular weight is 354 g/mol. The van der Waals surface area contributed by atoms with Crippen molar-refractivity contribution in [3.05, 3.63) is 71.0 Å². The third kappa shape index (κ3) is 5.91. The highest BCUT2D eigenvalue weighted by Gasteiger charge is 2.30. The zero-order valence-corrected chi connectivity index (χ0v) is 12.9. The molecule has 2 aromatic rings. The first-order chi connectivity index (χ1) is 11.7. The second-order valence-electron chi connectivity index (χ2n) is 5.27. The first-order valence-electron chi connectivity index (χ1n) is 7.22. The molecule has 0 aliphatic rings. The molecule has 0 atom stereocenters. The Hall–Kier alpha value is -2.90. The number of hydrazine groups is 1. The van der Waals surface area contributed by atoms with Crippen LogP contribution in [0.4, 0.5) is 17.6 Å². The lowest BCUT2D eigenvalue weighted by molar-refractivity contribution is -0.137. The lowest BCUT2D eigenvalue weighted by Gasteiger charge is -2.10. The summed E-state index contributed by atoms with van der Waals surface area (Å²) in [7, 11) is 0. The molecule has 0 fully saturated rings. The van der Waals surface area contributed by atoms with Crippen LogP contribution in [0.3, 0.4) is 0 Å². The molecule has 0 unspecified atom stereocenters. The average Bonchev–Trinajstić information content (AvgIpc) is 2.55. The van der Waals surface area contributed by atoms with Gasteiger partial charge in [0.2, 0.25) is 11.8 Å². The molecule has 0 saturated carbocycles. The van der Waals surface area contributed by atoms with Gasteiger partial charge in [-0.3, -0.25) is 20.4 Å². The zero-order chi connectivity index (χ0) is 18.4. The van der Waals surface area contributed by atoms with E-state index in [0.29, 0.717) is 5.56 Å². The van der Waals surface area contributed by atoms with Crippen molar-refractivity contribution >= 4 is 11.8 Å². The minimum atomic E-state index is -4.49. The molecule has 132 valence electrons. The molecule has 0 heterocycles. The van der Waals surface area contributed by atoms with E-state index < -0.39 is 29.4 Å². The second kappa shape index (κ2) is 7.78. The highest BCUT2D eigenvalue weighted by molar-refractivity contribution is 5.84. The predicted molar refractivity (Wildman–Crippen MR) is 81.5 cm³/mol. The van der Waals surface area contributed by atoms with Gasteiger partial charge in [-0.15, -0.1) is 0 Å². The highest BCUT2D eigenvalue weighted by atomic mass is 19.4. The molecule has 2 amide bonds. The minimum Gasteiger partial charge on any atom is -0.273 e. The highest BCUT2D eigenvalue weighted by Crippen LogP contribution is 2.29. The van der Waals surface area contributed by atoms with E-state index in [1.807, 2.05) is 0 Å². The minimum absolute atomic E-state index is 0.0792. The molecule has 25 heavy (non-hydrogen) atoms. The van der Waals surface area contributed by atoms with Gasteiger partial charge in [0.25, 0.3) is 0 Å². The summed E-state index contributed by atoms with van der Waals surface area (Å²) in [5.41, 5.74) is 4.15. The van der Waals surface area contributed by atoms with Crippen LogP contribution in [0.15, 0.2) is 48.5 Å². The van der Waals surface area contributed by atoms with Crippen LogP contribution in [0.2, 0.25) is 0 Å². The number of rotatable bonds is 4. The van der Waals surface area contributed by atoms with Crippen LogP contribution in [-0.4, -0.2) is 11.8 Å². The maximum Gasteiger partial charge on any atom is 0.416 e. The molecule has 0 aromatic heterocycles. The van der Waals surface area contributed by atoms with Gasteiger partial charge in [0.1, 0.15) is 5.82 Å². The first-order valence-corrected chi connectivity index (χ1v) is 7.22. The van der Waals surface area contributed by atoms with Crippen molar-refractivity contribution in [3.8, 4) is 0 Å². The summed E-state index contributed by atoms with van der Waals surface area (Å²) >= 11 is 0. The van der Waals surface area contributed by atoms with Gasteiger partial charge in [0.05, 0.1) is 18.4 Å². The van der Waals surface area contributed by atoms with Crippen LogP contribution in [0.5, 0.6) is 0 Å². The summed E-state index contributed by atoms with van der Waals surface area (Å²) in [4.78, 5) is 23.4. The van der Waals surface area contributed by atoms with Crippen molar-refractivity contribution < 1.29 is 27.2 Å². The molecular formula is C17H14F4N2O2. The van der Waals surface area contributed by atoms with Gasteiger partial charge >= 0.3 is 6.18 Å². The quantitative estimate of drug-likeness (QED) is 0.655. The van der Waals surface area contributed by atoms with E-state index in [1.54, 1.807) is 0 Å². The molecule has 0 spiro atoms. The number of hydrogen-bond donors (Lipinski definition) is 2. The summed E-state index contributed by atoms with van der Waals surface area (Å²) in [6.07, 6.45) is -4.89. The Labute approximate surface area is 140 Å². The number of nitrogens with one attached hydrogen (secondary N) is 2. The zero-order valence-electron chi connectivity index (χ0n) is 12.9. The largest absolute Gasteiger partial charge is 0.416 e. The van der Waals surface area contributed by atoms with Gasteiger partial charge in [0, 0.05) is 0 Å². The number of alkyl halides is 3. The van der Waals surface area contributed by atoms with Crippen LogP contribution < -0.4 is 10.9 Å². The van der Waals surface area contributed by atoms with E-state index in [0.717, 1.165) is 12.1 Å². The molecular weight excluding hydrogens is 340 g/mol. The molecule has 2 rings (SSSR count). The second-order valence-corrected chi connectivity index (χ2v) is 5.27. The molecule has 2 N–H and O–H groups in total. The van der Waals surface area contributed by atoms with E-state index in [-0.39, 0.29) is 18.4 Å². The Balaban J connectivity index is 1.84. The summed E-state index contributed by atoms with van der Waals surface area (Å²) < 4.78 is 50.6. The Morgan fingerprint density at radius 1 is 0.840 bits per heavy atom. The number of amides is 2. The normalized spacial score (nSPS) is 11.0. The summed E-state index contributed by atoms with van der Waals surface area (Å²) in [6.45, 7) is 0. The van der Waals surface area contributed by atoms with Crippen molar-refractivity contribution in [2.75, 3.05) is 0 Å². The van der Waals surface area contributed by atoms with Gasteiger partial charge in [0.15, 0.2) is 0 Å². The molecule has 0 aliphatic heterocycles. The Kier molecular flexibility index (Phi) is 5.74.